The van der Waals surface area contributed by atoms with Gasteiger partial charge in [-0.05, 0) is 42.0 Å². The lowest BCUT2D eigenvalue weighted by Gasteiger charge is -2.45. The van der Waals surface area contributed by atoms with Crippen molar-refractivity contribution < 1.29 is 26.8 Å². The van der Waals surface area contributed by atoms with Crippen LogP contribution in [0.4, 0.5) is 14.5 Å². The van der Waals surface area contributed by atoms with E-state index in [1.807, 2.05) is 0 Å². The van der Waals surface area contributed by atoms with Gasteiger partial charge in [0, 0.05) is 19.0 Å². The van der Waals surface area contributed by atoms with Gasteiger partial charge in [0.2, 0.25) is 5.91 Å². The fraction of sp³-hybridized carbons (Fsp3) is 0.280. The molecule has 0 unspecified atom stereocenters. The minimum Gasteiger partial charge on any atom is -0.324 e. The highest BCUT2D eigenvalue weighted by atomic mass is 32.2. The number of nitrogens with zero attached hydrogens (tertiary/aromatic N) is 2. The minimum atomic E-state index is -3.32. The van der Waals surface area contributed by atoms with Crippen molar-refractivity contribution in [3.63, 3.8) is 0 Å². The van der Waals surface area contributed by atoms with Crippen LogP contribution in [-0.4, -0.2) is 41.8 Å². The molecular formula is C25H23F2N3O4S. The molecule has 1 N–H and O–H groups in total. The number of benzene rings is 1. The number of sulfone groups is 1. The Hall–Kier alpha value is -3.53. The van der Waals surface area contributed by atoms with Crippen LogP contribution >= 0.6 is 0 Å². The summed E-state index contributed by atoms with van der Waals surface area (Å²) in [6.45, 7) is 1.56. The first-order valence-electron chi connectivity index (χ1n) is 11.0. The Morgan fingerprint density at radius 3 is 2.26 bits per heavy atom. The maximum absolute atomic E-state index is 13.8. The van der Waals surface area contributed by atoms with E-state index < -0.39 is 39.8 Å². The molecule has 4 rings (SSSR count). The Kier molecular flexibility index (Phi) is 6.50. The number of halogens is 2. The number of pyridine rings is 2. The quantitative estimate of drug-likeness (QED) is 0.470. The molecule has 1 aliphatic carbocycles. The maximum Gasteiger partial charge on any atom is 0.250 e. The first-order valence-corrected chi connectivity index (χ1v) is 12.6. The fourth-order valence-electron chi connectivity index (χ4n) is 4.15. The summed E-state index contributed by atoms with van der Waals surface area (Å²) < 4.78 is 51.4. The zero-order valence-electron chi connectivity index (χ0n) is 18.9. The van der Waals surface area contributed by atoms with Gasteiger partial charge in [-0.15, -0.1) is 0 Å². The van der Waals surface area contributed by atoms with Crippen LogP contribution in [0.1, 0.15) is 41.5 Å². The van der Waals surface area contributed by atoms with Gasteiger partial charge in [0.25, 0.3) is 5.92 Å². The number of ketones is 1. The van der Waals surface area contributed by atoms with E-state index in [0.717, 1.165) is 0 Å². The molecule has 1 aromatic carbocycles. The summed E-state index contributed by atoms with van der Waals surface area (Å²) in [6.07, 6.45) is 1.50. The molecule has 1 aliphatic rings. The summed E-state index contributed by atoms with van der Waals surface area (Å²) in [5, 5.41) is 2.66. The van der Waals surface area contributed by atoms with Crippen LogP contribution < -0.4 is 5.32 Å². The lowest BCUT2D eigenvalue weighted by molar-refractivity contribution is -0.115. The highest BCUT2D eigenvalue weighted by molar-refractivity contribution is 7.91. The SMILES string of the molecule is CCS(=O)(=O)c1ccc(CC(=O)Nc2ccc(C(=O)C3(c4ccccn4)CC(F)(F)C3)nc2)cc1. The van der Waals surface area contributed by atoms with Crippen LogP contribution in [0.5, 0.6) is 0 Å². The molecule has 2 heterocycles. The summed E-state index contributed by atoms with van der Waals surface area (Å²) in [5.41, 5.74) is -0.173. The molecule has 1 fully saturated rings. The zero-order valence-corrected chi connectivity index (χ0v) is 19.7. The van der Waals surface area contributed by atoms with Gasteiger partial charge >= 0.3 is 0 Å². The van der Waals surface area contributed by atoms with Gasteiger partial charge in [-0.2, -0.15) is 0 Å². The van der Waals surface area contributed by atoms with E-state index in [1.165, 1.54) is 36.7 Å². The number of anilines is 1. The predicted molar refractivity (Wildman–Crippen MR) is 125 cm³/mol. The molecule has 0 aliphatic heterocycles. The molecular weight excluding hydrogens is 476 g/mol. The number of carbonyl (C=O) groups excluding carboxylic acids is 2. The van der Waals surface area contributed by atoms with E-state index in [4.69, 9.17) is 0 Å². The molecule has 0 spiro atoms. The third kappa shape index (κ3) is 5.12. The molecule has 0 atom stereocenters. The standard InChI is InChI=1S/C25H23F2N3O4S/c1-2-35(33,34)19-9-6-17(7-10-19)13-22(31)30-18-8-11-20(29-14-18)23(32)24(15-25(26,27)16-24)21-5-3-4-12-28-21/h3-12,14H,2,13,15-16H2,1H3,(H,30,31). The monoisotopic (exact) mass is 499 g/mol. The number of aromatic nitrogens is 2. The van der Waals surface area contributed by atoms with E-state index in [0.29, 0.717) is 11.3 Å². The molecule has 0 saturated heterocycles. The number of carbonyl (C=O) groups is 2. The average molecular weight is 500 g/mol. The van der Waals surface area contributed by atoms with Crippen LogP contribution in [0.25, 0.3) is 0 Å². The molecule has 10 heteroatoms. The minimum absolute atomic E-state index is 0.00497. The first kappa shape index (κ1) is 24.6. The van der Waals surface area contributed by atoms with E-state index in [2.05, 4.69) is 15.3 Å². The molecule has 35 heavy (non-hydrogen) atoms. The summed E-state index contributed by atoms with van der Waals surface area (Å²) in [6, 6.07) is 13.8. The van der Waals surface area contributed by atoms with Crippen LogP contribution in [0.2, 0.25) is 0 Å². The largest absolute Gasteiger partial charge is 0.324 e. The highest BCUT2D eigenvalue weighted by Crippen LogP contribution is 2.54. The normalized spacial score (nSPS) is 16.2. The summed E-state index contributed by atoms with van der Waals surface area (Å²) >= 11 is 0. The average Bonchev–Trinajstić information content (AvgIpc) is 2.83. The Morgan fingerprint density at radius 1 is 1.00 bits per heavy atom. The molecule has 1 amide bonds. The van der Waals surface area contributed by atoms with Gasteiger partial charge in [-0.25, -0.2) is 17.2 Å². The van der Waals surface area contributed by atoms with Crippen molar-refractivity contribution in [2.24, 2.45) is 0 Å². The predicted octanol–water partition coefficient (Wildman–Crippen LogP) is 4.00. The number of hydrogen-bond acceptors (Lipinski definition) is 6. The van der Waals surface area contributed by atoms with Crippen LogP contribution in [0.15, 0.2) is 71.9 Å². The Morgan fingerprint density at radius 2 is 1.71 bits per heavy atom. The van der Waals surface area contributed by atoms with E-state index in [1.54, 1.807) is 37.3 Å². The van der Waals surface area contributed by atoms with E-state index >= 15 is 0 Å². The number of rotatable bonds is 8. The Balaban J connectivity index is 1.43. The van der Waals surface area contributed by atoms with Crippen molar-refractivity contribution in [2.45, 2.75) is 42.4 Å². The van der Waals surface area contributed by atoms with Gasteiger partial charge < -0.3 is 5.32 Å². The Bertz CT molecular complexity index is 1340. The number of nitrogens with one attached hydrogen (secondary N) is 1. The molecule has 7 nitrogen and oxygen atoms in total. The first-order chi connectivity index (χ1) is 16.5. The molecule has 1 saturated carbocycles. The Labute approximate surface area is 201 Å². The number of Topliss-reactive ketones (excluding diaryl/α,β-unsaturated/α-hetero) is 1. The van der Waals surface area contributed by atoms with Gasteiger partial charge in [0.1, 0.15) is 5.69 Å². The van der Waals surface area contributed by atoms with Crippen LogP contribution in [0, 0.1) is 0 Å². The summed E-state index contributed by atoms with van der Waals surface area (Å²) in [7, 11) is -3.32. The lowest BCUT2D eigenvalue weighted by atomic mass is 9.60. The van der Waals surface area contributed by atoms with Gasteiger partial charge in [-0.3, -0.25) is 19.6 Å². The molecule has 0 bridgehead atoms. The van der Waals surface area contributed by atoms with Crippen molar-refractivity contribution >= 4 is 27.2 Å². The van der Waals surface area contributed by atoms with Crippen LogP contribution in [-0.2, 0) is 26.5 Å². The molecule has 2 aromatic heterocycles. The molecule has 0 radical (unpaired) electrons. The van der Waals surface area contributed by atoms with E-state index in [-0.39, 0.29) is 34.4 Å². The third-order valence-corrected chi connectivity index (χ3v) is 7.77. The maximum atomic E-state index is 13.8. The van der Waals surface area contributed by atoms with Crippen molar-refractivity contribution in [3.8, 4) is 0 Å². The molecule has 182 valence electrons. The van der Waals surface area contributed by atoms with Crippen molar-refractivity contribution in [2.75, 3.05) is 11.1 Å². The number of amides is 1. The fourth-order valence-corrected chi connectivity index (χ4v) is 5.04. The second-order valence-electron chi connectivity index (χ2n) is 8.54. The second kappa shape index (κ2) is 9.26. The number of hydrogen-bond donors (Lipinski definition) is 1. The number of alkyl halides is 2. The molecule has 3 aromatic rings. The highest BCUT2D eigenvalue weighted by Gasteiger charge is 2.62. The van der Waals surface area contributed by atoms with Crippen molar-refractivity contribution in [1.82, 2.24) is 9.97 Å². The van der Waals surface area contributed by atoms with Crippen molar-refractivity contribution in [1.29, 1.82) is 0 Å². The van der Waals surface area contributed by atoms with Crippen LogP contribution in [0.3, 0.4) is 0 Å². The van der Waals surface area contributed by atoms with Crippen molar-refractivity contribution in [3.05, 3.63) is 83.9 Å². The van der Waals surface area contributed by atoms with Gasteiger partial charge in [0.05, 0.1) is 40.1 Å². The van der Waals surface area contributed by atoms with E-state index in [9.17, 15) is 26.8 Å². The summed E-state index contributed by atoms with van der Waals surface area (Å²) in [4.78, 5) is 34.0. The third-order valence-electron chi connectivity index (χ3n) is 6.02. The smallest absolute Gasteiger partial charge is 0.250 e. The summed E-state index contributed by atoms with van der Waals surface area (Å²) in [5.74, 6) is -3.85. The van der Waals surface area contributed by atoms with Gasteiger partial charge in [-0.1, -0.05) is 25.1 Å². The second-order valence-corrected chi connectivity index (χ2v) is 10.8. The van der Waals surface area contributed by atoms with Gasteiger partial charge in [0.15, 0.2) is 15.6 Å². The zero-order chi connectivity index (χ0) is 25.3. The lowest BCUT2D eigenvalue weighted by Crippen LogP contribution is -2.55. The topological polar surface area (TPSA) is 106 Å².